The minimum atomic E-state index is -0.493. The summed E-state index contributed by atoms with van der Waals surface area (Å²) in [7, 11) is 0. The molecular formula is C8H6N2O2Se. The van der Waals surface area contributed by atoms with Crippen molar-refractivity contribution in [1.82, 2.24) is 0 Å². The molecule has 0 amide bonds. The van der Waals surface area contributed by atoms with Gasteiger partial charge in [0.05, 0.1) is 0 Å². The normalized spacial score (nSPS) is 9.23. The second-order valence-electron chi connectivity index (χ2n) is 2.25. The van der Waals surface area contributed by atoms with Crippen LogP contribution in [0.3, 0.4) is 0 Å². The molecule has 1 rings (SSSR count). The first kappa shape index (κ1) is 9.72. The van der Waals surface area contributed by atoms with E-state index in [4.69, 9.17) is 5.26 Å². The molecule has 0 N–H and O–H groups in total. The van der Waals surface area contributed by atoms with Crippen LogP contribution in [0.25, 0.3) is 0 Å². The van der Waals surface area contributed by atoms with Crippen molar-refractivity contribution in [3.8, 4) is 6.07 Å². The van der Waals surface area contributed by atoms with Gasteiger partial charge in [-0.2, -0.15) is 0 Å². The molecule has 0 aliphatic rings. The van der Waals surface area contributed by atoms with Gasteiger partial charge in [-0.25, -0.2) is 0 Å². The Morgan fingerprint density at radius 3 is 2.77 bits per heavy atom. The Bertz CT molecular complexity index is 384. The van der Waals surface area contributed by atoms with E-state index in [0.717, 1.165) is 4.46 Å². The van der Waals surface area contributed by atoms with Crippen LogP contribution in [0.15, 0.2) is 18.2 Å². The average molecular weight is 241 g/mol. The second kappa shape index (κ2) is 4.03. The van der Waals surface area contributed by atoms with E-state index in [1.54, 1.807) is 6.07 Å². The Morgan fingerprint density at radius 2 is 2.31 bits per heavy atom. The van der Waals surface area contributed by atoms with Gasteiger partial charge in [0, 0.05) is 0 Å². The van der Waals surface area contributed by atoms with Crippen molar-refractivity contribution in [2.24, 2.45) is 0 Å². The maximum absolute atomic E-state index is 10.4. The monoisotopic (exact) mass is 242 g/mol. The quantitative estimate of drug-likeness (QED) is 0.437. The number of nitro benzene ring substituents is 1. The summed E-state index contributed by atoms with van der Waals surface area (Å²) in [6, 6.07) is 6.35. The third kappa shape index (κ3) is 2.05. The first-order valence-corrected chi connectivity index (χ1v) is 5.98. The van der Waals surface area contributed by atoms with E-state index < -0.39 is 4.92 Å². The molecule has 0 unspecified atom stereocenters. The number of benzene rings is 1. The van der Waals surface area contributed by atoms with E-state index in [2.05, 4.69) is 0 Å². The Balaban J connectivity index is 3.23. The SMILES string of the molecule is C[Se]c1ccc([N+](=O)[O-])cc1C#N. The van der Waals surface area contributed by atoms with Gasteiger partial charge >= 0.3 is 81.1 Å². The molecule has 4 nitrogen and oxygen atoms in total. The van der Waals surface area contributed by atoms with Crippen molar-refractivity contribution in [3.05, 3.63) is 33.9 Å². The topological polar surface area (TPSA) is 66.9 Å². The van der Waals surface area contributed by atoms with Crippen molar-refractivity contribution >= 4 is 25.1 Å². The van der Waals surface area contributed by atoms with Gasteiger partial charge in [0.15, 0.2) is 0 Å². The molecule has 0 radical (unpaired) electrons. The van der Waals surface area contributed by atoms with Crippen molar-refractivity contribution in [3.63, 3.8) is 0 Å². The van der Waals surface area contributed by atoms with Gasteiger partial charge in [-0.3, -0.25) is 0 Å². The Morgan fingerprint density at radius 1 is 1.62 bits per heavy atom. The first-order chi connectivity index (χ1) is 6.19. The summed E-state index contributed by atoms with van der Waals surface area (Å²) >= 11 is 0.195. The molecule has 0 saturated heterocycles. The molecule has 0 bridgehead atoms. The van der Waals surface area contributed by atoms with Gasteiger partial charge in [-0.15, -0.1) is 0 Å². The summed E-state index contributed by atoms with van der Waals surface area (Å²) in [5.74, 6) is 1.97. The standard InChI is InChI=1S/C8H6N2O2Se/c1-13-8-3-2-7(10(11)12)4-6(8)5-9/h2-4H,1H3. The van der Waals surface area contributed by atoms with Crippen LogP contribution in [0.5, 0.6) is 0 Å². The number of nitrogens with zero attached hydrogens (tertiary/aromatic N) is 2. The Hall–Kier alpha value is -1.37. The fourth-order valence-corrected chi connectivity index (χ4v) is 2.01. The van der Waals surface area contributed by atoms with E-state index in [0.29, 0.717) is 5.56 Å². The fourth-order valence-electron chi connectivity index (χ4n) is 0.897. The minimum absolute atomic E-state index is 0.0236. The molecule has 0 fully saturated rings. The molecule has 0 aliphatic heterocycles. The molecule has 0 heterocycles. The van der Waals surface area contributed by atoms with Crippen LogP contribution in [0, 0.1) is 21.4 Å². The molecule has 0 aliphatic carbocycles. The van der Waals surface area contributed by atoms with Gasteiger partial charge in [-0.1, -0.05) is 0 Å². The molecule has 5 heteroatoms. The van der Waals surface area contributed by atoms with Crippen LogP contribution in [0.1, 0.15) is 5.56 Å². The summed E-state index contributed by atoms with van der Waals surface area (Å²) in [6.07, 6.45) is 0. The van der Waals surface area contributed by atoms with Crippen LogP contribution in [-0.4, -0.2) is 19.9 Å². The molecule has 1 aromatic rings. The number of hydrogen-bond acceptors (Lipinski definition) is 3. The van der Waals surface area contributed by atoms with E-state index in [1.807, 2.05) is 11.9 Å². The third-order valence-electron chi connectivity index (χ3n) is 1.51. The molecular weight excluding hydrogens is 235 g/mol. The van der Waals surface area contributed by atoms with Gasteiger partial charge in [0.1, 0.15) is 0 Å². The summed E-state index contributed by atoms with van der Waals surface area (Å²) < 4.78 is 0.903. The fraction of sp³-hybridized carbons (Fsp3) is 0.125. The molecule has 66 valence electrons. The second-order valence-corrected chi connectivity index (χ2v) is 4.03. The predicted molar refractivity (Wildman–Crippen MR) is 49.1 cm³/mol. The Labute approximate surface area is 81.5 Å². The van der Waals surface area contributed by atoms with Gasteiger partial charge in [-0.05, 0) is 0 Å². The molecule has 13 heavy (non-hydrogen) atoms. The van der Waals surface area contributed by atoms with E-state index >= 15 is 0 Å². The van der Waals surface area contributed by atoms with Gasteiger partial charge < -0.3 is 0 Å². The number of rotatable bonds is 2. The molecule has 0 atom stereocenters. The van der Waals surface area contributed by atoms with Crippen LogP contribution in [0.2, 0.25) is 5.82 Å². The van der Waals surface area contributed by atoms with Crippen LogP contribution in [0.4, 0.5) is 5.69 Å². The zero-order chi connectivity index (χ0) is 9.84. The predicted octanol–water partition coefficient (Wildman–Crippen LogP) is 0.844. The molecule has 1 aromatic carbocycles. The van der Waals surface area contributed by atoms with Crippen LogP contribution >= 0.6 is 0 Å². The van der Waals surface area contributed by atoms with Crippen LogP contribution < -0.4 is 4.46 Å². The summed E-state index contributed by atoms with van der Waals surface area (Å²) in [5.41, 5.74) is 0.390. The zero-order valence-electron chi connectivity index (χ0n) is 6.85. The van der Waals surface area contributed by atoms with E-state index in [1.165, 1.54) is 12.1 Å². The van der Waals surface area contributed by atoms with Crippen molar-refractivity contribution < 1.29 is 4.92 Å². The summed E-state index contributed by atoms with van der Waals surface area (Å²) in [4.78, 5) is 9.88. The number of nitro groups is 1. The van der Waals surface area contributed by atoms with Crippen LogP contribution in [-0.2, 0) is 0 Å². The zero-order valence-corrected chi connectivity index (χ0v) is 8.56. The number of hydrogen-bond donors (Lipinski definition) is 0. The number of nitriles is 1. The number of non-ortho nitro benzene ring substituents is 1. The third-order valence-corrected chi connectivity index (χ3v) is 3.18. The Kier molecular flexibility index (Phi) is 3.02. The molecule has 0 spiro atoms. The average Bonchev–Trinajstić information content (AvgIpc) is 2.16. The van der Waals surface area contributed by atoms with Crippen molar-refractivity contribution in [1.29, 1.82) is 5.26 Å². The molecule has 0 aromatic heterocycles. The first-order valence-electron chi connectivity index (χ1n) is 3.41. The van der Waals surface area contributed by atoms with Crippen molar-refractivity contribution in [2.75, 3.05) is 0 Å². The summed E-state index contributed by atoms with van der Waals surface area (Å²) in [5, 5.41) is 19.1. The van der Waals surface area contributed by atoms with Gasteiger partial charge in [0.2, 0.25) is 0 Å². The summed E-state index contributed by atoms with van der Waals surface area (Å²) in [6.45, 7) is 0. The van der Waals surface area contributed by atoms with E-state index in [-0.39, 0.29) is 20.6 Å². The van der Waals surface area contributed by atoms with E-state index in [9.17, 15) is 10.1 Å². The maximum atomic E-state index is 10.4. The van der Waals surface area contributed by atoms with Gasteiger partial charge in [0.25, 0.3) is 0 Å². The van der Waals surface area contributed by atoms with Crippen molar-refractivity contribution in [2.45, 2.75) is 5.82 Å². The molecule has 0 saturated carbocycles.